The number of hydrogen-bond donors (Lipinski definition) is 2. The summed E-state index contributed by atoms with van der Waals surface area (Å²) in [5.74, 6) is 0.717. The standard InChI is InChI=1S/C17H21N3O5S2/c18-26(21,22)15-8-9-17(27(19,23)24)16(11-15)20-10-4-7-14(12-20)25-13-5-2-1-3-6-13/h1-3,5-6,8-9,11,14H,4,7,10,12H2,(H2,18,21,22)(H2,19,23,24). The maximum atomic E-state index is 12.0. The third-order valence-electron chi connectivity index (χ3n) is 4.33. The number of nitrogens with two attached hydrogens (primary N) is 2. The fraction of sp³-hybridized carbons (Fsp3) is 0.294. The van der Waals surface area contributed by atoms with Gasteiger partial charge in [0.1, 0.15) is 16.7 Å². The summed E-state index contributed by atoms with van der Waals surface area (Å²) in [5.41, 5.74) is 0.213. The highest BCUT2D eigenvalue weighted by atomic mass is 32.2. The predicted octanol–water partition coefficient (Wildman–Crippen LogP) is 1.03. The quantitative estimate of drug-likeness (QED) is 0.755. The molecule has 1 aliphatic heterocycles. The fourth-order valence-electron chi connectivity index (χ4n) is 3.11. The summed E-state index contributed by atoms with van der Waals surface area (Å²) < 4.78 is 53.3. The van der Waals surface area contributed by atoms with Gasteiger partial charge in [0.15, 0.2) is 0 Å². The number of ether oxygens (including phenoxy) is 1. The Morgan fingerprint density at radius 2 is 1.67 bits per heavy atom. The van der Waals surface area contributed by atoms with Gasteiger partial charge >= 0.3 is 0 Å². The van der Waals surface area contributed by atoms with E-state index in [1.54, 1.807) is 4.90 Å². The maximum absolute atomic E-state index is 12.0. The molecule has 2 aromatic rings. The lowest BCUT2D eigenvalue weighted by Crippen LogP contribution is -2.42. The van der Waals surface area contributed by atoms with Crippen molar-refractivity contribution in [3.05, 3.63) is 48.5 Å². The van der Waals surface area contributed by atoms with E-state index in [1.807, 2.05) is 30.3 Å². The molecule has 4 N–H and O–H groups in total. The minimum atomic E-state index is -4.04. The summed E-state index contributed by atoms with van der Waals surface area (Å²) >= 11 is 0. The van der Waals surface area contributed by atoms with Crippen molar-refractivity contribution in [3.8, 4) is 5.75 Å². The Bertz CT molecular complexity index is 1020. The van der Waals surface area contributed by atoms with Gasteiger partial charge in [-0.15, -0.1) is 0 Å². The number of hydrogen-bond acceptors (Lipinski definition) is 6. The fourth-order valence-corrected chi connectivity index (χ4v) is 4.38. The molecule has 1 aliphatic rings. The molecule has 1 heterocycles. The molecule has 0 aromatic heterocycles. The summed E-state index contributed by atoms with van der Waals surface area (Å²) in [6, 6.07) is 12.9. The maximum Gasteiger partial charge on any atom is 0.240 e. The van der Waals surface area contributed by atoms with Crippen LogP contribution in [-0.4, -0.2) is 36.0 Å². The Morgan fingerprint density at radius 3 is 2.30 bits per heavy atom. The molecule has 8 nitrogen and oxygen atoms in total. The Labute approximate surface area is 158 Å². The topological polar surface area (TPSA) is 133 Å². The van der Waals surface area contributed by atoms with E-state index in [0.717, 1.165) is 18.9 Å². The average molecular weight is 412 g/mol. The molecule has 2 aromatic carbocycles. The van der Waals surface area contributed by atoms with Gasteiger partial charge in [-0.2, -0.15) is 0 Å². The summed E-state index contributed by atoms with van der Waals surface area (Å²) in [4.78, 5) is 1.46. The summed E-state index contributed by atoms with van der Waals surface area (Å²) in [5, 5.41) is 10.5. The number of nitrogens with zero attached hydrogens (tertiary/aromatic N) is 1. The highest BCUT2D eigenvalue weighted by molar-refractivity contribution is 7.89. The molecule has 1 saturated heterocycles. The molecular weight excluding hydrogens is 390 g/mol. The Hall–Kier alpha value is -2.14. The van der Waals surface area contributed by atoms with Crippen molar-refractivity contribution in [1.29, 1.82) is 0 Å². The van der Waals surface area contributed by atoms with E-state index >= 15 is 0 Å². The van der Waals surface area contributed by atoms with Crippen LogP contribution in [0.1, 0.15) is 12.8 Å². The van der Waals surface area contributed by atoms with Gasteiger partial charge in [0.25, 0.3) is 0 Å². The average Bonchev–Trinajstić information content (AvgIpc) is 2.61. The van der Waals surface area contributed by atoms with E-state index in [0.29, 0.717) is 18.8 Å². The van der Waals surface area contributed by atoms with E-state index in [2.05, 4.69) is 0 Å². The van der Waals surface area contributed by atoms with E-state index in [-0.39, 0.29) is 21.6 Å². The van der Waals surface area contributed by atoms with Crippen LogP contribution in [-0.2, 0) is 20.0 Å². The van der Waals surface area contributed by atoms with Gasteiger partial charge in [-0.05, 0) is 43.2 Å². The van der Waals surface area contributed by atoms with E-state index in [1.165, 1.54) is 12.1 Å². The zero-order valence-corrected chi connectivity index (χ0v) is 16.1. The van der Waals surface area contributed by atoms with Gasteiger partial charge in [-0.25, -0.2) is 27.1 Å². The van der Waals surface area contributed by atoms with Crippen LogP contribution in [0.3, 0.4) is 0 Å². The molecule has 1 atom stereocenters. The normalized spacial score (nSPS) is 18.3. The van der Waals surface area contributed by atoms with Crippen molar-refractivity contribution in [2.75, 3.05) is 18.0 Å². The predicted molar refractivity (Wildman–Crippen MR) is 101 cm³/mol. The molecule has 0 spiro atoms. The van der Waals surface area contributed by atoms with Crippen LogP contribution >= 0.6 is 0 Å². The number of benzene rings is 2. The minimum absolute atomic E-state index is 0.143. The third kappa shape index (κ3) is 4.78. The van der Waals surface area contributed by atoms with Crippen molar-refractivity contribution in [2.24, 2.45) is 10.3 Å². The van der Waals surface area contributed by atoms with Crippen LogP contribution in [0.5, 0.6) is 5.75 Å². The zero-order chi connectivity index (χ0) is 19.7. The van der Waals surface area contributed by atoms with E-state index < -0.39 is 20.0 Å². The van der Waals surface area contributed by atoms with Gasteiger partial charge in [0.05, 0.1) is 17.1 Å². The van der Waals surface area contributed by atoms with Gasteiger partial charge in [-0.1, -0.05) is 18.2 Å². The smallest absolute Gasteiger partial charge is 0.240 e. The summed E-state index contributed by atoms with van der Waals surface area (Å²) in [6.45, 7) is 0.941. The first-order chi connectivity index (χ1) is 12.6. The van der Waals surface area contributed by atoms with Gasteiger partial charge in [0, 0.05) is 6.54 Å². The first-order valence-electron chi connectivity index (χ1n) is 8.31. The number of piperidine rings is 1. The molecule has 0 amide bonds. The van der Waals surface area contributed by atoms with Crippen molar-refractivity contribution in [2.45, 2.75) is 28.7 Å². The van der Waals surface area contributed by atoms with Crippen molar-refractivity contribution < 1.29 is 21.6 Å². The first-order valence-corrected chi connectivity index (χ1v) is 11.4. The molecule has 0 saturated carbocycles. The second-order valence-electron chi connectivity index (χ2n) is 6.36. The number of sulfonamides is 2. The molecule has 146 valence electrons. The minimum Gasteiger partial charge on any atom is -0.489 e. The molecule has 1 unspecified atom stereocenters. The lowest BCUT2D eigenvalue weighted by atomic mass is 10.1. The van der Waals surface area contributed by atoms with Gasteiger partial charge < -0.3 is 9.64 Å². The number of anilines is 1. The Kier molecular flexibility index (Phi) is 5.43. The van der Waals surface area contributed by atoms with Crippen molar-refractivity contribution in [3.63, 3.8) is 0 Å². The molecule has 3 rings (SSSR count). The first kappa shape index (κ1) is 19.6. The highest BCUT2D eigenvalue weighted by Crippen LogP contribution is 2.30. The van der Waals surface area contributed by atoms with Gasteiger partial charge in [-0.3, -0.25) is 0 Å². The SMILES string of the molecule is NS(=O)(=O)c1ccc(S(N)(=O)=O)c(N2CCCC(Oc3ccccc3)C2)c1. The van der Waals surface area contributed by atoms with Crippen molar-refractivity contribution in [1.82, 2.24) is 0 Å². The van der Waals surface area contributed by atoms with Crippen LogP contribution in [0, 0.1) is 0 Å². The molecule has 0 bridgehead atoms. The van der Waals surface area contributed by atoms with E-state index in [4.69, 9.17) is 15.0 Å². The lowest BCUT2D eigenvalue weighted by molar-refractivity contribution is 0.179. The van der Waals surface area contributed by atoms with E-state index in [9.17, 15) is 16.8 Å². The lowest BCUT2D eigenvalue weighted by Gasteiger charge is -2.35. The van der Waals surface area contributed by atoms with Crippen LogP contribution in [0.25, 0.3) is 0 Å². The van der Waals surface area contributed by atoms with Crippen molar-refractivity contribution >= 4 is 25.7 Å². The zero-order valence-electron chi connectivity index (χ0n) is 14.5. The number of primary sulfonamides is 2. The molecule has 10 heteroatoms. The summed E-state index contributed by atoms with van der Waals surface area (Å²) in [6.07, 6.45) is 1.37. The summed E-state index contributed by atoms with van der Waals surface area (Å²) in [7, 11) is -8.02. The Morgan fingerprint density at radius 1 is 0.963 bits per heavy atom. The monoisotopic (exact) mass is 411 g/mol. The van der Waals surface area contributed by atoms with Gasteiger partial charge in [0.2, 0.25) is 20.0 Å². The van der Waals surface area contributed by atoms with Crippen LogP contribution in [0.4, 0.5) is 5.69 Å². The molecular formula is C17H21N3O5S2. The van der Waals surface area contributed by atoms with Crippen LogP contribution in [0.15, 0.2) is 58.3 Å². The Balaban J connectivity index is 1.93. The second-order valence-corrected chi connectivity index (χ2v) is 9.45. The van der Waals surface area contributed by atoms with Crippen LogP contribution in [0.2, 0.25) is 0 Å². The number of para-hydroxylation sites is 1. The second kappa shape index (κ2) is 7.47. The molecule has 27 heavy (non-hydrogen) atoms. The number of rotatable bonds is 5. The molecule has 1 fully saturated rings. The molecule has 0 radical (unpaired) electrons. The molecule has 0 aliphatic carbocycles. The van der Waals surface area contributed by atoms with Crippen LogP contribution < -0.4 is 19.9 Å². The highest BCUT2D eigenvalue weighted by Gasteiger charge is 2.27. The third-order valence-corrected chi connectivity index (χ3v) is 6.20. The largest absolute Gasteiger partial charge is 0.489 e.